The van der Waals surface area contributed by atoms with E-state index >= 15 is 0 Å². The lowest BCUT2D eigenvalue weighted by molar-refractivity contribution is -0.115. The first-order valence-corrected chi connectivity index (χ1v) is 7.10. The van der Waals surface area contributed by atoms with Crippen LogP contribution in [0.15, 0.2) is 34.8 Å². The highest BCUT2D eigenvalue weighted by Gasteiger charge is 2.23. The minimum Gasteiger partial charge on any atom is -0.488 e. The van der Waals surface area contributed by atoms with E-state index in [1.54, 1.807) is 12.1 Å². The quantitative estimate of drug-likeness (QED) is 0.639. The van der Waals surface area contributed by atoms with E-state index in [4.69, 9.17) is 28.6 Å². The summed E-state index contributed by atoms with van der Waals surface area (Å²) in [6.45, 7) is 0.429. The molecular formula is C13H8ClNO2S2. The summed E-state index contributed by atoms with van der Waals surface area (Å²) in [5, 5.41) is 3.24. The molecule has 1 amide bonds. The average Bonchev–Trinajstić information content (AvgIpc) is 2.67. The van der Waals surface area contributed by atoms with Gasteiger partial charge in [-0.1, -0.05) is 35.6 Å². The lowest BCUT2D eigenvalue weighted by Crippen LogP contribution is -2.18. The number of fused-ring (bicyclic) bond motifs is 1. The number of benzene rings is 1. The molecule has 0 atom stereocenters. The van der Waals surface area contributed by atoms with Crippen molar-refractivity contribution >= 4 is 51.9 Å². The highest BCUT2D eigenvalue weighted by molar-refractivity contribution is 8.26. The topological polar surface area (TPSA) is 38.3 Å². The number of nitrogens with one attached hydrogen (secondary N) is 1. The highest BCUT2D eigenvalue weighted by atomic mass is 35.5. The Kier molecular flexibility index (Phi) is 3.35. The number of thioether (sulfide) groups is 1. The molecular weight excluding hydrogens is 302 g/mol. The molecule has 1 aromatic rings. The molecule has 2 aliphatic heterocycles. The van der Waals surface area contributed by atoms with E-state index in [1.165, 1.54) is 11.8 Å². The molecule has 0 bridgehead atoms. The maximum atomic E-state index is 11.6. The van der Waals surface area contributed by atoms with Crippen LogP contribution in [0.1, 0.15) is 5.56 Å². The second kappa shape index (κ2) is 5.00. The summed E-state index contributed by atoms with van der Waals surface area (Å²) in [5.41, 5.74) is 1.83. The van der Waals surface area contributed by atoms with Gasteiger partial charge in [-0.3, -0.25) is 4.79 Å². The van der Waals surface area contributed by atoms with Crippen molar-refractivity contribution in [3.8, 4) is 5.75 Å². The lowest BCUT2D eigenvalue weighted by atomic mass is 10.1. The molecule has 1 aromatic carbocycles. The summed E-state index contributed by atoms with van der Waals surface area (Å²) < 4.78 is 6.10. The molecule has 6 heteroatoms. The third-order valence-electron chi connectivity index (χ3n) is 2.67. The monoisotopic (exact) mass is 309 g/mol. The van der Waals surface area contributed by atoms with Gasteiger partial charge in [0.1, 0.15) is 16.7 Å². The minimum absolute atomic E-state index is 0.159. The molecule has 0 spiro atoms. The zero-order chi connectivity index (χ0) is 13.4. The zero-order valence-electron chi connectivity index (χ0n) is 9.60. The van der Waals surface area contributed by atoms with Crippen molar-refractivity contribution in [2.24, 2.45) is 0 Å². The Morgan fingerprint density at radius 2 is 2.32 bits per heavy atom. The van der Waals surface area contributed by atoms with Crippen LogP contribution in [0.3, 0.4) is 0 Å². The molecule has 1 saturated heterocycles. The van der Waals surface area contributed by atoms with E-state index in [2.05, 4.69) is 5.32 Å². The summed E-state index contributed by atoms with van der Waals surface area (Å²) in [7, 11) is 0. The van der Waals surface area contributed by atoms with Crippen molar-refractivity contribution in [2.45, 2.75) is 0 Å². The van der Waals surface area contributed by atoms with E-state index in [0.717, 1.165) is 16.9 Å². The first-order valence-electron chi connectivity index (χ1n) is 5.49. The summed E-state index contributed by atoms with van der Waals surface area (Å²) in [4.78, 5) is 12.2. The molecule has 96 valence electrons. The fourth-order valence-corrected chi connectivity index (χ4v) is 3.08. The molecule has 0 unspecified atom stereocenters. The van der Waals surface area contributed by atoms with E-state index < -0.39 is 0 Å². The Morgan fingerprint density at radius 1 is 1.47 bits per heavy atom. The second-order valence-corrected chi connectivity index (χ2v) is 6.20. The van der Waals surface area contributed by atoms with Crippen LogP contribution in [-0.4, -0.2) is 16.8 Å². The SMILES string of the molecule is O=C1NC(=S)S/C1=C/C1=Cc2cc(Cl)ccc2OC1. The van der Waals surface area contributed by atoms with E-state index in [9.17, 15) is 4.79 Å². The molecule has 0 radical (unpaired) electrons. The van der Waals surface area contributed by atoms with Crippen LogP contribution >= 0.6 is 35.6 Å². The van der Waals surface area contributed by atoms with Crippen molar-refractivity contribution in [3.05, 3.63) is 45.3 Å². The largest absolute Gasteiger partial charge is 0.488 e. The first-order chi connectivity index (χ1) is 9.11. The maximum Gasteiger partial charge on any atom is 0.263 e. The van der Waals surface area contributed by atoms with Crippen LogP contribution in [-0.2, 0) is 4.79 Å². The van der Waals surface area contributed by atoms with E-state index in [-0.39, 0.29) is 5.91 Å². The number of hydrogen-bond acceptors (Lipinski definition) is 4. The standard InChI is InChI=1S/C13H8ClNO2S2/c14-9-1-2-10-8(5-9)3-7(6-17-10)4-11-12(16)15-13(18)19-11/h1-5H,6H2,(H,15,16,18)/b11-4+. The van der Waals surface area contributed by atoms with Gasteiger partial charge in [-0.2, -0.15) is 0 Å². The van der Waals surface area contributed by atoms with Gasteiger partial charge >= 0.3 is 0 Å². The van der Waals surface area contributed by atoms with Crippen molar-refractivity contribution in [1.29, 1.82) is 0 Å². The van der Waals surface area contributed by atoms with Gasteiger partial charge < -0.3 is 10.1 Å². The van der Waals surface area contributed by atoms with Crippen LogP contribution in [0.25, 0.3) is 6.08 Å². The third-order valence-corrected chi connectivity index (χ3v) is 4.06. The molecule has 1 N–H and O–H groups in total. The van der Waals surface area contributed by atoms with E-state index in [0.29, 0.717) is 20.9 Å². The smallest absolute Gasteiger partial charge is 0.263 e. The normalized spacial score (nSPS) is 19.8. The molecule has 1 fully saturated rings. The molecule has 0 aliphatic carbocycles. The van der Waals surface area contributed by atoms with Gasteiger partial charge in [0, 0.05) is 10.6 Å². The predicted octanol–water partition coefficient (Wildman–Crippen LogP) is 3.15. The van der Waals surface area contributed by atoms with Gasteiger partial charge in [-0.15, -0.1) is 0 Å². The number of hydrogen-bond donors (Lipinski definition) is 1. The van der Waals surface area contributed by atoms with Crippen LogP contribution in [0.2, 0.25) is 5.02 Å². The van der Waals surface area contributed by atoms with Crippen molar-refractivity contribution in [2.75, 3.05) is 6.61 Å². The predicted molar refractivity (Wildman–Crippen MR) is 81.3 cm³/mol. The Hall–Kier alpha value is -1.30. The molecule has 3 nitrogen and oxygen atoms in total. The number of carbonyl (C=O) groups excluding carboxylic acids is 1. The summed E-state index contributed by atoms with van der Waals surface area (Å²) in [6, 6.07) is 5.46. The van der Waals surface area contributed by atoms with Gasteiger partial charge in [-0.05, 0) is 35.9 Å². The van der Waals surface area contributed by atoms with Crippen LogP contribution < -0.4 is 10.1 Å². The number of thiocarbonyl (C=S) groups is 1. The third kappa shape index (κ3) is 2.68. The number of halogens is 1. The summed E-state index contributed by atoms with van der Waals surface area (Å²) >= 11 is 12.2. The van der Waals surface area contributed by atoms with Crippen molar-refractivity contribution < 1.29 is 9.53 Å². The second-order valence-electron chi connectivity index (χ2n) is 4.04. The zero-order valence-corrected chi connectivity index (χ0v) is 12.0. The minimum atomic E-state index is -0.159. The van der Waals surface area contributed by atoms with Gasteiger partial charge in [0.25, 0.3) is 5.91 Å². The Balaban J connectivity index is 1.93. The van der Waals surface area contributed by atoms with E-state index in [1.807, 2.05) is 18.2 Å². The van der Waals surface area contributed by atoms with Gasteiger partial charge in [0.2, 0.25) is 0 Å². The molecule has 2 aliphatic rings. The van der Waals surface area contributed by atoms with Crippen LogP contribution in [0.4, 0.5) is 0 Å². The highest BCUT2D eigenvalue weighted by Crippen LogP contribution is 2.31. The van der Waals surface area contributed by atoms with Gasteiger partial charge in [0.05, 0.1) is 4.91 Å². The number of rotatable bonds is 1. The van der Waals surface area contributed by atoms with Gasteiger partial charge in [0.15, 0.2) is 0 Å². The number of carbonyl (C=O) groups is 1. The molecule has 0 aromatic heterocycles. The van der Waals surface area contributed by atoms with Crippen LogP contribution in [0.5, 0.6) is 5.75 Å². The lowest BCUT2D eigenvalue weighted by Gasteiger charge is -2.16. The summed E-state index contributed by atoms with van der Waals surface area (Å²) in [5.74, 6) is 0.637. The fraction of sp³-hybridized carbons (Fsp3) is 0.0769. The average molecular weight is 310 g/mol. The number of ether oxygens (including phenoxy) is 1. The van der Waals surface area contributed by atoms with Crippen LogP contribution in [0, 0.1) is 0 Å². The first kappa shape index (κ1) is 12.7. The Morgan fingerprint density at radius 3 is 3.05 bits per heavy atom. The molecule has 2 heterocycles. The van der Waals surface area contributed by atoms with Gasteiger partial charge in [-0.25, -0.2) is 0 Å². The Labute approximate surface area is 124 Å². The maximum absolute atomic E-state index is 11.6. The van der Waals surface area contributed by atoms with Crippen molar-refractivity contribution in [3.63, 3.8) is 0 Å². The molecule has 19 heavy (non-hydrogen) atoms. The Bertz CT molecular complexity index is 652. The molecule has 3 rings (SSSR count). The number of amides is 1. The summed E-state index contributed by atoms with van der Waals surface area (Å²) in [6.07, 6.45) is 3.76. The molecule has 0 saturated carbocycles. The van der Waals surface area contributed by atoms with Crippen molar-refractivity contribution in [1.82, 2.24) is 5.32 Å². The fourth-order valence-electron chi connectivity index (χ4n) is 1.84.